The molecule has 1 aliphatic rings. The molecule has 3 aromatic rings. The number of hydrogen-bond donors (Lipinski definition) is 5. The first-order valence-corrected chi connectivity index (χ1v) is 17.4. The number of unbranched alkanes of at least 4 members (excludes halogenated alkanes) is 2. The molecule has 13 heteroatoms. The molecular formula is C36H47N5O7S. The van der Waals surface area contributed by atoms with Crippen LogP contribution < -0.4 is 16.0 Å². The molecule has 0 bridgehead atoms. The van der Waals surface area contributed by atoms with Crippen LogP contribution in [0.4, 0.5) is 5.69 Å². The number of benzene rings is 2. The number of aliphatic hydroxyl groups excluding tert-OH is 1. The maximum atomic E-state index is 13.8. The molecule has 2 aromatic carbocycles. The summed E-state index contributed by atoms with van der Waals surface area (Å²) in [5.41, 5.74) is 5.15. The number of rotatable bonds is 16. The van der Waals surface area contributed by atoms with Crippen molar-refractivity contribution in [1.82, 2.24) is 20.5 Å². The average molecular weight is 694 g/mol. The summed E-state index contributed by atoms with van der Waals surface area (Å²) >= 11 is 1.57. The Bertz CT molecular complexity index is 1570. The Balaban J connectivity index is 1.21. The number of carboxylic acid groups (broad SMARTS) is 1. The summed E-state index contributed by atoms with van der Waals surface area (Å²) in [5, 5.41) is 28.4. The van der Waals surface area contributed by atoms with E-state index in [1.165, 1.54) is 4.90 Å². The monoisotopic (exact) mass is 693 g/mol. The van der Waals surface area contributed by atoms with Gasteiger partial charge in [0.25, 0.3) is 0 Å². The lowest BCUT2D eigenvalue weighted by Crippen LogP contribution is -2.58. The molecule has 12 nitrogen and oxygen atoms in total. The molecule has 2 heterocycles. The van der Waals surface area contributed by atoms with Crippen LogP contribution in [0, 0.1) is 12.3 Å². The zero-order valence-electron chi connectivity index (χ0n) is 28.5. The predicted molar refractivity (Wildman–Crippen MR) is 188 cm³/mol. The summed E-state index contributed by atoms with van der Waals surface area (Å²) in [6, 6.07) is 12.6. The van der Waals surface area contributed by atoms with Gasteiger partial charge < -0.3 is 35.8 Å². The highest BCUT2D eigenvalue weighted by atomic mass is 32.1. The first-order valence-electron chi connectivity index (χ1n) is 16.5. The van der Waals surface area contributed by atoms with Crippen LogP contribution in [0.25, 0.3) is 10.4 Å². The van der Waals surface area contributed by atoms with Gasteiger partial charge in [-0.05, 0) is 67.0 Å². The molecule has 5 N–H and O–H groups in total. The quantitative estimate of drug-likeness (QED) is 0.138. The highest BCUT2D eigenvalue weighted by molar-refractivity contribution is 7.13. The Kier molecular flexibility index (Phi) is 13.3. The summed E-state index contributed by atoms with van der Waals surface area (Å²) in [7, 11) is 0. The van der Waals surface area contributed by atoms with Crippen LogP contribution in [0.3, 0.4) is 0 Å². The standard InChI is InChI=1S/C36H47N5O7S/c1-23-31(49-22-39-23)25-10-8-24(9-11-25)19-38-33(44)29-18-28(42)20-41(29)34(45)32(36(2,3)4)40-30(43)21-48-17-7-5-6-16-37-27-14-12-26(13-15-27)35(46)47/h8-15,22,28-29,32,37,42H,5-7,16-21H2,1-4H3,(H,38,44)(H,40,43)(H,46,47)/t28-,29+,32?/m1/s1. The van der Waals surface area contributed by atoms with Crippen molar-refractivity contribution in [3.8, 4) is 10.4 Å². The second kappa shape index (κ2) is 17.4. The van der Waals surface area contributed by atoms with Gasteiger partial charge in [-0.3, -0.25) is 14.4 Å². The highest BCUT2D eigenvalue weighted by Crippen LogP contribution is 2.28. The second-order valence-corrected chi connectivity index (χ2v) is 14.2. The molecule has 1 aromatic heterocycles. The van der Waals surface area contributed by atoms with Crippen molar-refractivity contribution >= 4 is 40.7 Å². The molecule has 49 heavy (non-hydrogen) atoms. The molecule has 1 unspecified atom stereocenters. The third-order valence-electron chi connectivity index (χ3n) is 8.37. The van der Waals surface area contributed by atoms with Gasteiger partial charge in [-0.1, -0.05) is 45.0 Å². The van der Waals surface area contributed by atoms with Crippen molar-refractivity contribution in [1.29, 1.82) is 0 Å². The molecule has 0 radical (unpaired) electrons. The molecule has 3 amide bonds. The van der Waals surface area contributed by atoms with E-state index in [0.717, 1.165) is 46.6 Å². The summed E-state index contributed by atoms with van der Waals surface area (Å²) in [4.78, 5) is 57.7. The number of thiazole rings is 1. The fraction of sp³-hybridized carbons (Fsp3) is 0.472. The van der Waals surface area contributed by atoms with Crippen LogP contribution in [-0.4, -0.2) is 88.3 Å². The number of nitrogens with zero attached hydrogens (tertiary/aromatic N) is 2. The van der Waals surface area contributed by atoms with Crippen LogP contribution in [0.2, 0.25) is 0 Å². The number of nitrogens with one attached hydrogen (secondary N) is 3. The van der Waals surface area contributed by atoms with Crippen molar-refractivity contribution < 1.29 is 34.1 Å². The van der Waals surface area contributed by atoms with Gasteiger partial charge in [0.05, 0.1) is 27.7 Å². The van der Waals surface area contributed by atoms with Gasteiger partial charge in [0.1, 0.15) is 18.7 Å². The van der Waals surface area contributed by atoms with E-state index in [2.05, 4.69) is 20.9 Å². The van der Waals surface area contributed by atoms with Crippen LogP contribution in [0.15, 0.2) is 54.0 Å². The minimum atomic E-state index is -0.960. The van der Waals surface area contributed by atoms with Crippen LogP contribution >= 0.6 is 11.3 Å². The molecule has 1 saturated heterocycles. The number of amides is 3. The Labute approximate surface area is 291 Å². The maximum Gasteiger partial charge on any atom is 0.335 e. The maximum absolute atomic E-state index is 13.8. The molecule has 264 valence electrons. The Hall–Kier alpha value is -4.33. The molecule has 1 aliphatic heterocycles. The number of carboxylic acids is 1. The van der Waals surface area contributed by atoms with Gasteiger partial charge in [-0.15, -0.1) is 11.3 Å². The van der Waals surface area contributed by atoms with Gasteiger partial charge in [0.15, 0.2) is 0 Å². The van der Waals surface area contributed by atoms with Crippen molar-refractivity contribution in [3.63, 3.8) is 0 Å². The van der Waals surface area contributed by atoms with Crippen molar-refractivity contribution in [2.24, 2.45) is 5.41 Å². The van der Waals surface area contributed by atoms with Crippen LogP contribution in [0.1, 0.15) is 68.1 Å². The van der Waals surface area contributed by atoms with E-state index in [1.54, 1.807) is 35.6 Å². The fourth-order valence-electron chi connectivity index (χ4n) is 5.62. The van der Waals surface area contributed by atoms with E-state index in [-0.39, 0.29) is 37.6 Å². The number of aryl methyl sites for hydroxylation is 1. The molecule has 0 saturated carbocycles. The Morgan fingerprint density at radius 3 is 2.39 bits per heavy atom. The van der Waals surface area contributed by atoms with Gasteiger partial charge in [-0.25, -0.2) is 9.78 Å². The van der Waals surface area contributed by atoms with Crippen molar-refractivity contribution in [2.75, 3.05) is 31.6 Å². The normalized spacial score (nSPS) is 16.6. The van der Waals surface area contributed by atoms with E-state index < -0.39 is 41.4 Å². The third kappa shape index (κ3) is 10.8. The number of likely N-dealkylation sites (tertiary alicyclic amines) is 1. The average Bonchev–Trinajstić information content (AvgIpc) is 3.68. The molecule has 3 atom stereocenters. The molecule has 0 aliphatic carbocycles. The van der Waals surface area contributed by atoms with Crippen LogP contribution in [-0.2, 0) is 25.7 Å². The number of ether oxygens (including phenoxy) is 1. The molecule has 4 rings (SSSR count). The zero-order chi connectivity index (χ0) is 35.6. The van der Waals surface area contributed by atoms with E-state index in [1.807, 2.05) is 57.5 Å². The van der Waals surface area contributed by atoms with Crippen LogP contribution in [0.5, 0.6) is 0 Å². The van der Waals surface area contributed by atoms with E-state index in [0.29, 0.717) is 13.2 Å². The lowest BCUT2D eigenvalue weighted by atomic mass is 9.85. The first kappa shape index (κ1) is 37.5. The summed E-state index contributed by atoms with van der Waals surface area (Å²) in [5.74, 6) is -2.18. The number of anilines is 1. The molecule has 0 spiro atoms. The lowest BCUT2D eigenvalue weighted by molar-refractivity contribution is -0.144. The topological polar surface area (TPSA) is 170 Å². The van der Waals surface area contributed by atoms with E-state index in [4.69, 9.17) is 9.84 Å². The number of hydrogen-bond acceptors (Lipinski definition) is 9. The number of carbonyl (C=O) groups excluding carboxylic acids is 3. The number of aromatic nitrogens is 1. The largest absolute Gasteiger partial charge is 0.478 e. The minimum Gasteiger partial charge on any atom is -0.478 e. The zero-order valence-corrected chi connectivity index (χ0v) is 29.3. The number of aromatic carboxylic acids is 1. The van der Waals surface area contributed by atoms with E-state index in [9.17, 15) is 24.3 Å². The molecular weight excluding hydrogens is 646 g/mol. The summed E-state index contributed by atoms with van der Waals surface area (Å²) in [6.45, 7) is 8.63. The minimum absolute atomic E-state index is 0.00126. The SMILES string of the molecule is Cc1ncsc1-c1ccc(CNC(=O)[C@@H]2C[C@@H](O)CN2C(=O)C(NC(=O)COCCCCCNc2ccc(C(=O)O)cc2)C(C)(C)C)cc1. The van der Waals surface area contributed by atoms with Gasteiger partial charge in [-0.2, -0.15) is 0 Å². The van der Waals surface area contributed by atoms with Gasteiger partial charge in [0.2, 0.25) is 17.7 Å². The number of aliphatic hydroxyl groups is 1. The Morgan fingerprint density at radius 2 is 1.76 bits per heavy atom. The first-order chi connectivity index (χ1) is 23.3. The smallest absolute Gasteiger partial charge is 0.335 e. The van der Waals surface area contributed by atoms with Crippen molar-refractivity contribution in [2.45, 2.75) is 78.1 Å². The van der Waals surface area contributed by atoms with Crippen molar-refractivity contribution in [3.05, 3.63) is 70.9 Å². The van der Waals surface area contributed by atoms with Gasteiger partial charge in [0, 0.05) is 38.3 Å². The lowest BCUT2D eigenvalue weighted by Gasteiger charge is -2.35. The summed E-state index contributed by atoms with van der Waals surface area (Å²) in [6.07, 6.45) is 1.74. The number of carbonyl (C=O) groups is 4. The van der Waals surface area contributed by atoms with E-state index >= 15 is 0 Å². The Morgan fingerprint density at radius 1 is 1.04 bits per heavy atom. The second-order valence-electron chi connectivity index (χ2n) is 13.4. The van der Waals surface area contributed by atoms with Gasteiger partial charge >= 0.3 is 5.97 Å². The molecule has 1 fully saturated rings. The number of β-amino-alcohol motifs (C(OH)–C–C–N with tert-alkyl or cyclic N) is 1. The third-order valence-corrected chi connectivity index (χ3v) is 9.35. The summed E-state index contributed by atoms with van der Waals surface area (Å²) < 4.78 is 5.58. The highest BCUT2D eigenvalue weighted by Gasteiger charge is 2.44. The fourth-order valence-corrected chi connectivity index (χ4v) is 6.43. The predicted octanol–water partition coefficient (Wildman–Crippen LogP) is 4.22.